The first-order chi connectivity index (χ1) is 11.9. The molecule has 0 aromatic heterocycles. The van der Waals surface area contributed by atoms with E-state index in [1.807, 2.05) is 39.0 Å². The van der Waals surface area contributed by atoms with E-state index >= 15 is 0 Å². The van der Waals surface area contributed by atoms with Crippen LogP contribution in [0.2, 0.25) is 5.02 Å². The third-order valence-corrected chi connectivity index (χ3v) is 3.66. The second-order valence-electron chi connectivity index (χ2n) is 5.86. The fraction of sp³-hybridized carbons (Fsp3) is 0.250. The predicted molar refractivity (Wildman–Crippen MR) is 103 cm³/mol. The van der Waals surface area contributed by atoms with Gasteiger partial charge in [-0.15, -0.1) is 0 Å². The van der Waals surface area contributed by atoms with Crippen molar-refractivity contribution in [3.63, 3.8) is 0 Å². The largest absolute Gasteiger partial charge is 0.493 e. The van der Waals surface area contributed by atoms with Crippen LogP contribution in [0.4, 0.5) is 5.69 Å². The molecule has 4 nitrogen and oxygen atoms in total. The van der Waals surface area contributed by atoms with Gasteiger partial charge in [0, 0.05) is 16.8 Å². The lowest BCUT2D eigenvalue weighted by molar-refractivity contribution is -0.111. The summed E-state index contributed by atoms with van der Waals surface area (Å²) < 4.78 is 11.0. The quantitative estimate of drug-likeness (QED) is 0.730. The fourth-order valence-electron chi connectivity index (χ4n) is 2.25. The van der Waals surface area contributed by atoms with E-state index in [1.165, 1.54) is 6.08 Å². The summed E-state index contributed by atoms with van der Waals surface area (Å²) >= 11 is 5.92. The second kappa shape index (κ2) is 8.58. The lowest BCUT2D eigenvalue weighted by Crippen LogP contribution is -2.08. The van der Waals surface area contributed by atoms with Crippen LogP contribution in [-0.2, 0) is 4.79 Å². The molecule has 25 heavy (non-hydrogen) atoms. The third kappa shape index (κ3) is 5.54. The van der Waals surface area contributed by atoms with Gasteiger partial charge >= 0.3 is 0 Å². The number of anilines is 1. The molecule has 0 aliphatic carbocycles. The van der Waals surface area contributed by atoms with Crippen molar-refractivity contribution in [3.05, 3.63) is 58.6 Å². The molecular formula is C20H22ClNO3. The Hall–Kier alpha value is -2.46. The first-order valence-corrected chi connectivity index (χ1v) is 8.36. The Kier molecular flexibility index (Phi) is 6.48. The van der Waals surface area contributed by atoms with E-state index in [0.29, 0.717) is 16.5 Å². The van der Waals surface area contributed by atoms with Crippen LogP contribution in [0.15, 0.2) is 42.5 Å². The number of amides is 1. The molecule has 0 unspecified atom stereocenters. The van der Waals surface area contributed by atoms with E-state index in [0.717, 1.165) is 16.8 Å². The third-order valence-electron chi connectivity index (χ3n) is 3.42. The van der Waals surface area contributed by atoms with Gasteiger partial charge in [-0.05, 0) is 68.3 Å². The van der Waals surface area contributed by atoms with Crippen molar-refractivity contribution in [2.24, 2.45) is 0 Å². The van der Waals surface area contributed by atoms with Gasteiger partial charge in [0.2, 0.25) is 5.91 Å². The van der Waals surface area contributed by atoms with Crippen LogP contribution in [0, 0.1) is 6.92 Å². The summed E-state index contributed by atoms with van der Waals surface area (Å²) in [4.78, 5) is 12.1. The number of benzene rings is 2. The second-order valence-corrected chi connectivity index (χ2v) is 6.30. The van der Waals surface area contributed by atoms with E-state index in [4.69, 9.17) is 21.1 Å². The zero-order valence-corrected chi connectivity index (χ0v) is 15.6. The topological polar surface area (TPSA) is 47.6 Å². The van der Waals surface area contributed by atoms with Gasteiger partial charge in [-0.1, -0.05) is 17.7 Å². The lowest BCUT2D eigenvalue weighted by Gasteiger charge is -2.13. The lowest BCUT2D eigenvalue weighted by atomic mass is 10.1. The van der Waals surface area contributed by atoms with Crippen molar-refractivity contribution in [3.8, 4) is 11.5 Å². The highest BCUT2D eigenvalue weighted by Gasteiger charge is 2.07. The summed E-state index contributed by atoms with van der Waals surface area (Å²) in [5, 5.41) is 3.47. The zero-order valence-electron chi connectivity index (χ0n) is 14.8. The van der Waals surface area contributed by atoms with Gasteiger partial charge in [0.1, 0.15) is 0 Å². The Morgan fingerprint density at radius 3 is 2.56 bits per heavy atom. The highest BCUT2D eigenvalue weighted by Crippen LogP contribution is 2.29. The van der Waals surface area contributed by atoms with Crippen molar-refractivity contribution < 1.29 is 14.3 Å². The van der Waals surface area contributed by atoms with Crippen molar-refractivity contribution in [2.75, 3.05) is 12.4 Å². The molecule has 0 atom stereocenters. The number of nitrogens with one attached hydrogen (secondary N) is 1. The minimum atomic E-state index is -0.216. The van der Waals surface area contributed by atoms with Gasteiger partial charge in [-0.2, -0.15) is 0 Å². The van der Waals surface area contributed by atoms with Crippen LogP contribution in [0.25, 0.3) is 6.08 Å². The number of hydrogen-bond donors (Lipinski definition) is 1. The average Bonchev–Trinajstić information content (AvgIpc) is 2.56. The molecule has 0 radical (unpaired) electrons. The molecule has 0 saturated heterocycles. The molecule has 1 N–H and O–H groups in total. The molecule has 2 aromatic rings. The summed E-state index contributed by atoms with van der Waals surface area (Å²) in [6.45, 7) is 5.80. The molecule has 0 fully saturated rings. The molecule has 2 aromatic carbocycles. The Labute approximate surface area is 153 Å². The van der Waals surface area contributed by atoms with Crippen molar-refractivity contribution >= 4 is 29.3 Å². The Bertz CT molecular complexity index is 785. The summed E-state index contributed by atoms with van der Waals surface area (Å²) in [6.07, 6.45) is 3.26. The van der Waals surface area contributed by atoms with E-state index in [-0.39, 0.29) is 12.0 Å². The standard InChI is InChI=1S/C20H22ClNO3/c1-13(2)25-18-9-5-15(12-19(18)24-4)6-10-20(23)22-17-8-7-16(21)11-14(17)3/h5-13H,1-4H3,(H,22,23)/b10-6+. The van der Waals surface area contributed by atoms with Gasteiger partial charge in [-0.25, -0.2) is 0 Å². The van der Waals surface area contributed by atoms with Crippen LogP contribution in [0.3, 0.4) is 0 Å². The molecule has 1 amide bonds. The van der Waals surface area contributed by atoms with E-state index in [9.17, 15) is 4.79 Å². The highest BCUT2D eigenvalue weighted by molar-refractivity contribution is 6.30. The monoisotopic (exact) mass is 359 g/mol. The number of ether oxygens (including phenoxy) is 2. The van der Waals surface area contributed by atoms with E-state index in [2.05, 4.69) is 5.32 Å². The first kappa shape index (κ1) is 18.9. The minimum Gasteiger partial charge on any atom is -0.493 e. The van der Waals surface area contributed by atoms with Crippen molar-refractivity contribution in [1.29, 1.82) is 0 Å². The van der Waals surface area contributed by atoms with Crippen LogP contribution in [-0.4, -0.2) is 19.1 Å². The van der Waals surface area contributed by atoms with Crippen LogP contribution in [0.5, 0.6) is 11.5 Å². The fourth-order valence-corrected chi connectivity index (χ4v) is 2.48. The summed E-state index contributed by atoms with van der Waals surface area (Å²) in [6, 6.07) is 10.9. The van der Waals surface area contributed by atoms with Crippen molar-refractivity contribution in [1.82, 2.24) is 0 Å². The summed E-state index contributed by atoms with van der Waals surface area (Å²) in [5.41, 5.74) is 2.49. The number of halogens is 1. The number of hydrogen-bond acceptors (Lipinski definition) is 3. The molecule has 0 aliphatic heterocycles. The summed E-state index contributed by atoms with van der Waals surface area (Å²) in [5.74, 6) is 1.09. The molecule has 0 spiro atoms. The van der Waals surface area contributed by atoms with E-state index in [1.54, 1.807) is 31.4 Å². The number of methoxy groups -OCH3 is 1. The molecular weight excluding hydrogens is 338 g/mol. The van der Waals surface area contributed by atoms with Gasteiger partial charge in [0.05, 0.1) is 13.2 Å². The van der Waals surface area contributed by atoms with Crippen molar-refractivity contribution in [2.45, 2.75) is 26.9 Å². The number of carbonyl (C=O) groups is 1. The molecule has 0 bridgehead atoms. The Balaban J connectivity index is 2.08. The number of carbonyl (C=O) groups excluding carboxylic acids is 1. The molecule has 2 rings (SSSR count). The van der Waals surface area contributed by atoms with Gasteiger partial charge in [0.25, 0.3) is 0 Å². The molecule has 5 heteroatoms. The van der Waals surface area contributed by atoms with Gasteiger partial charge in [-0.3, -0.25) is 4.79 Å². The average molecular weight is 360 g/mol. The molecule has 0 heterocycles. The Morgan fingerprint density at radius 1 is 1.16 bits per heavy atom. The molecule has 132 valence electrons. The maximum Gasteiger partial charge on any atom is 0.248 e. The number of aryl methyl sites for hydroxylation is 1. The predicted octanol–water partition coefficient (Wildman–Crippen LogP) is 5.10. The highest BCUT2D eigenvalue weighted by atomic mass is 35.5. The maximum atomic E-state index is 12.1. The number of rotatable bonds is 6. The first-order valence-electron chi connectivity index (χ1n) is 7.99. The van der Waals surface area contributed by atoms with E-state index < -0.39 is 0 Å². The van der Waals surface area contributed by atoms with Gasteiger partial charge in [0.15, 0.2) is 11.5 Å². The normalized spacial score (nSPS) is 11.0. The zero-order chi connectivity index (χ0) is 18.4. The smallest absolute Gasteiger partial charge is 0.248 e. The van der Waals surface area contributed by atoms with Crippen LogP contribution < -0.4 is 14.8 Å². The van der Waals surface area contributed by atoms with Gasteiger partial charge < -0.3 is 14.8 Å². The van der Waals surface area contributed by atoms with Crippen LogP contribution >= 0.6 is 11.6 Å². The molecule has 0 saturated carbocycles. The Morgan fingerprint density at radius 2 is 1.92 bits per heavy atom. The SMILES string of the molecule is COc1cc(/C=C/C(=O)Nc2ccc(Cl)cc2C)ccc1OC(C)C. The van der Waals surface area contributed by atoms with Crippen LogP contribution in [0.1, 0.15) is 25.0 Å². The maximum absolute atomic E-state index is 12.1. The summed E-state index contributed by atoms with van der Waals surface area (Å²) in [7, 11) is 1.59. The molecule has 0 aliphatic rings. The minimum absolute atomic E-state index is 0.0590.